The Hall–Kier alpha value is -2.00. The first-order valence-electron chi connectivity index (χ1n) is 6.89. The molecule has 0 radical (unpaired) electrons. The van der Waals surface area contributed by atoms with Crippen molar-refractivity contribution in [2.75, 3.05) is 19.1 Å². The van der Waals surface area contributed by atoms with Gasteiger partial charge in [-0.1, -0.05) is 31.2 Å². The Bertz CT molecular complexity index is 551. The summed E-state index contributed by atoms with van der Waals surface area (Å²) in [4.78, 5) is 2.11. The molecule has 0 fully saturated rings. The zero-order valence-corrected chi connectivity index (χ0v) is 12.3. The second-order valence-electron chi connectivity index (χ2n) is 4.84. The van der Waals surface area contributed by atoms with E-state index >= 15 is 0 Å². The summed E-state index contributed by atoms with van der Waals surface area (Å²) < 4.78 is 5.41. The summed E-state index contributed by atoms with van der Waals surface area (Å²) in [6.07, 6.45) is 0.946. The highest BCUT2D eigenvalue weighted by Crippen LogP contribution is 2.32. The molecule has 0 saturated carbocycles. The van der Waals surface area contributed by atoms with Crippen molar-refractivity contribution in [1.29, 1.82) is 0 Å². The highest BCUT2D eigenvalue weighted by Gasteiger charge is 2.10. The van der Waals surface area contributed by atoms with Crippen molar-refractivity contribution in [3.8, 4) is 5.75 Å². The van der Waals surface area contributed by atoms with Crippen molar-refractivity contribution in [3.05, 3.63) is 54.1 Å². The molecule has 1 atom stereocenters. The predicted molar refractivity (Wildman–Crippen MR) is 84.7 cm³/mol. The van der Waals surface area contributed by atoms with E-state index in [-0.39, 0.29) is 6.04 Å². The van der Waals surface area contributed by atoms with Crippen LogP contribution in [0.1, 0.15) is 24.9 Å². The highest BCUT2D eigenvalue weighted by atomic mass is 16.5. The number of nitrogens with zero attached hydrogens (tertiary/aromatic N) is 1. The average molecular weight is 270 g/mol. The molecule has 2 aromatic rings. The second kappa shape index (κ2) is 6.44. The normalized spacial score (nSPS) is 12.0. The molecule has 3 heteroatoms. The molecule has 0 unspecified atom stereocenters. The molecule has 0 aliphatic carbocycles. The standard InChI is InChI=1S/C17H22N2O/c1-4-15(18)13-9-11-14(12-10-13)19(2)16-7-5-6-8-17(16)20-3/h5-12,15H,4,18H2,1-3H3/t15-/m1/s1. The van der Waals surface area contributed by atoms with Crippen LogP contribution in [0.25, 0.3) is 0 Å². The van der Waals surface area contributed by atoms with Gasteiger partial charge in [-0.3, -0.25) is 0 Å². The molecule has 0 spiro atoms. The Kier molecular flexibility index (Phi) is 4.64. The number of methoxy groups -OCH3 is 1. The van der Waals surface area contributed by atoms with Gasteiger partial charge in [0.05, 0.1) is 12.8 Å². The van der Waals surface area contributed by atoms with Crippen LogP contribution in [-0.4, -0.2) is 14.2 Å². The number of anilines is 2. The monoisotopic (exact) mass is 270 g/mol. The van der Waals surface area contributed by atoms with Gasteiger partial charge < -0.3 is 15.4 Å². The molecule has 0 aliphatic rings. The minimum absolute atomic E-state index is 0.112. The Morgan fingerprint density at radius 1 is 1.10 bits per heavy atom. The van der Waals surface area contributed by atoms with Crippen molar-refractivity contribution < 1.29 is 4.74 Å². The molecule has 0 aromatic heterocycles. The van der Waals surface area contributed by atoms with E-state index in [2.05, 4.69) is 36.1 Å². The number of benzene rings is 2. The topological polar surface area (TPSA) is 38.5 Å². The molecule has 106 valence electrons. The maximum atomic E-state index is 6.04. The van der Waals surface area contributed by atoms with Crippen LogP contribution in [0.3, 0.4) is 0 Å². The molecule has 2 N–H and O–H groups in total. The smallest absolute Gasteiger partial charge is 0.142 e. The summed E-state index contributed by atoms with van der Waals surface area (Å²) in [7, 11) is 3.72. The maximum absolute atomic E-state index is 6.04. The first-order chi connectivity index (χ1) is 9.67. The molecule has 3 nitrogen and oxygen atoms in total. The van der Waals surface area contributed by atoms with Gasteiger partial charge in [0.25, 0.3) is 0 Å². The minimum atomic E-state index is 0.112. The Morgan fingerprint density at radius 2 is 1.75 bits per heavy atom. The maximum Gasteiger partial charge on any atom is 0.142 e. The van der Waals surface area contributed by atoms with Gasteiger partial charge in [-0.15, -0.1) is 0 Å². The van der Waals surface area contributed by atoms with Crippen molar-refractivity contribution in [2.45, 2.75) is 19.4 Å². The Labute approximate surface area is 121 Å². The number of rotatable bonds is 5. The van der Waals surface area contributed by atoms with Crippen LogP contribution >= 0.6 is 0 Å². The molecular formula is C17H22N2O. The van der Waals surface area contributed by atoms with Crippen LogP contribution < -0.4 is 15.4 Å². The number of para-hydroxylation sites is 2. The first-order valence-corrected chi connectivity index (χ1v) is 6.89. The van der Waals surface area contributed by atoms with E-state index in [0.717, 1.165) is 23.5 Å². The van der Waals surface area contributed by atoms with Gasteiger partial charge in [0.1, 0.15) is 5.75 Å². The molecular weight excluding hydrogens is 248 g/mol. The van der Waals surface area contributed by atoms with Gasteiger partial charge in [0.2, 0.25) is 0 Å². The van der Waals surface area contributed by atoms with Gasteiger partial charge >= 0.3 is 0 Å². The zero-order valence-electron chi connectivity index (χ0n) is 12.3. The van der Waals surface area contributed by atoms with E-state index in [1.54, 1.807) is 7.11 Å². The Balaban J connectivity index is 2.27. The zero-order chi connectivity index (χ0) is 14.5. The molecule has 2 rings (SSSR count). The summed E-state index contributed by atoms with van der Waals surface area (Å²) in [5, 5.41) is 0. The lowest BCUT2D eigenvalue weighted by atomic mass is 10.1. The SMILES string of the molecule is CC[C@@H](N)c1ccc(N(C)c2ccccc2OC)cc1. The van der Waals surface area contributed by atoms with Gasteiger partial charge in [0.15, 0.2) is 0 Å². The third kappa shape index (κ3) is 2.94. The molecule has 2 aromatic carbocycles. The van der Waals surface area contributed by atoms with Crippen molar-refractivity contribution in [3.63, 3.8) is 0 Å². The molecule has 20 heavy (non-hydrogen) atoms. The lowest BCUT2D eigenvalue weighted by molar-refractivity contribution is 0.415. The lowest BCUT2D eigenvalue weighted by Gasteiger charge is -2.22. The van der Waals surface area contributed by atoms with Crippen LogP contribution in [0.2, 0.25) is 0 Å². The van der Waals surface area contributed by atoms with E-state index in [0.29, 0.717) is 0 Å². The van der Waals surface area contributed by atoms with Gasteiger partial charge in [-0.25, -0.2) is 0 Å². The first kappa shape index (κ1) is 14.4. The van der Waals surface area contributed by atoms with Crippen molar-refractivity contribution >= 4 is 11.4 Å². The molecule has 0 bridgehead atoms. The van der Waals surface area contributed by atoms with Gasteiger partial charge in [0, 0.05) is 18.8 Å². The molecule has 0 heterocycles. The fraction of sp³-hybridized carbons (Fsp3) is 0.294. The fourth-order valence-corrected chi connectivity index (χ4v) is 2.23. The number of hydrogen-bond donors (Lipinski definition) is 1. The lowest BCUT2D eigenvalue weighted by Crippen LogP contribution is -2.12. The molecule has 0 amide bonds. The summed E-state index contributed by atoms with van der Waals surface area (Å²) in [6.45, 7) is 2.10. The van der Waals surface area contributed by atoms with Gasteiger partial charge in [-0.05, 0) is 36.2 Å². The third-order valence-electron chi connectivity index (χ3n) is 3.59. The Morgan fingerprint density at radius 3 is 2.35 bits per heavy atom. The van der Waals surface area contributed by atoms with Crippen LogP contribution in [-0.2, 0) is 0 Å². The third-order valence-corrected chi connectivity index (χ3v) is 3.59. The van der Waals surface area contributed by atoms with Crippen molar-refractivity contribution in [1.82, 2.24) is 0 Å². The minimum Gasteiger partial charge on any atom is -0.495 e. The number of hydrogen-bond acceptors (Lipinski definition) is 3. The van der Waals surface area contributed by atoms with Crippen molar-refractivity contribution in [2.24, 2.45) is 5.73 Å². The quantitative estimate of drug-likeness (QED) is 0.896. The van der Waals surface area contributed by atoms with Gasteiger partial charge in [-0.2, -0.15) is 0 Å². The summed E-state index contributed by atoms with van der Waals surface area (Å²) in [5.74, 6) is 0.865. The van der Waals surface area contributed by atoms with E-state index in [1.807, 2.05) is 31.3 Å². The molecule has 0 aliphatic heterocycles. The molecule has 0 saturated heterocycles. The summed E-state index contributed by atoms with van der Waals surface area (Å²) in [5.41, 5.74) is 9.37. The van der Waals surface area contributed by atoms with E-state index in [4.69, 9.17) is 10.5 Å². The number of ether oxygens (including phenoxy) is 1. The van der Waals surface area contributed by atoms with Crippen LogP contribution in [0.5, 0.6) is 5.75 Å². The van der Waals surface area contributed by atoms with Crippen LogP contribution in [0.4, 0.5) is 11.4 Å². The largest absolute Gasteiger partial charge is 0.495 e. The average Bonchev–Trinajstić information content (AvgIpc) is 2.53. The highest BCUT2D eigenvalue weighted by molar-refractivity contribution is 5.68. The van der Waals surface area contributed by atoms with E-state index in [9.17, 15) is 0 Å². The van der Waals surface area contributed by atoms with E-state index < -0.39 is 0 Å². The van der Waals surface area contributed by atoms with E-state index in [1.165, 1.54) is 5.56 Å². The predicted octanol–water partition coefficient (Wildman–Crippen LogP) is 3.87. The number of nitrogens with two attached hydrogens (primary N) is 1. The second-order valence-corrected chi connectivity index (χ2v) is 4.84. The van der Waals surface area contributed by atoms with Crippen LogP contribution in [0.15, 0.2) is 48.5 Å². The van der Waals surface area contributed by atoms with Crippen LogP contribution in [0, 0.1) is 0 Å². The summed E-state index contributed by atoms with van der Waals surface area (Å²) in [6, 6.07) is 16.5. The fourth-order valence-electron chi connectivity index (χ4n) is 2.23. The summed E-state index contributed by atoms with van der Waals surface area (Å²) >= 11 is 0.